The fourth-order valence-electron chi connectivity index (χ4n) is 2.41. The molecule has 0 bridgehead atoms. The summed E-state index contributed by atoms with van der Waals surface area (Å²) in [6.07, 6.45) is 0. The average molecular weight is 298 g/mol. The van der Waals surface area contributed by atoms with E-state index in [2.05, 4.69) is 35.2 Å². The lowest BCUT2D eigenvalue weighted by atomic mass is 10.1. The molecule has 0 spiro atoms. The van der Waals surface area contributed by atoms with Gasteiger partial charge < -0.3 is 5.32 Å². The minimum absolute atomic E-state index is 0.648. The van der Waals surface area contributed by atoms with E-state index in [0.29, 0.717) is 10.8 Å². The summed E-state index contributed by atoms with van der Waals surface area (Å²) in [6, 6.07) is 13.7. The van der Waals surface area contributed by atoms with Gasteiger partial charge in [0.25, 0.3) is 0 Å². The Kier molecular flexibility index (Phi) is 3.76. The van der Waals surface area contributed by atoms with Crippen molar-refractivity contribution in [3.63, 3.8) is 0 Å². The van der Waals surface area contributed by atoms with Crippen molar-refractivity contribution in [3.8, 4) is 11.4 Å². The molecule has 1 N–H and O–H groups in total. The molecule has 1 aromatic heterocycles. The Morgan fingerprint density at radius 2 is 1.86 bits per heavy atom. The lowest BCUT2D eigenvalue weighted by Crippen LogP contribution is -2.04. The second-order valence-electron chi connectivity index (χ2n) is 4.88. The molecule has 21 heavy (non-hydrogen) atoms. The summed E-state index contributed by atoms with van der Waals surface area (Å²) in [6.45, 7) is 4.94. The summed E-state index contributed by atoms with van der Waals surface area (Å²) in [4.78, 5) is 9.35. The number of nitrogens with zero attached hydrogens (tertiary/aromatic N) is 2. The number of fused-ring (bicyclic) bond motifs is 1. The van der Waals surface area contributed by atoms with Gasteiger partial charge in [0.05, 0.1) is 10.5 Å². The predicted octanol–water partition coefficient (Wildman–Crippen LogP) is 4.69. The minimum atomic E-state index is 0.648. The van der Waals surface area contributed by atoms with E-state index in [9.17, 15) is 0 Å². The molecular weight excluding hydrogens is 282 g/mol. The van der Waals surface area contributed by atoms with Crippen molar-refractivity contribution in [2.45, 2.75) is 13.8 Å². The van der Waals surface area contributed by atoms with E-state index in [-0.39, 0.29) is 0 Å². The van der Waals surface area contributed by atoms with Gasteiger partial charge in [-0.05, 0) is 37.6 Å². The summed E-state index contributed by atoms with van der Waals surface area (Å²) in [5.41, 5.74) is 2.94. The maximum Gasteiger partial charge on any atom is 0.163 e. The van der Waals surface area contributed by atoms with Crippen LogP contribution in [0.1, 0.15) is 12.5 Å². The first-order valence-corrected chi connectivity index (χ1v) is 7.34. The van der Waals surface area contributed by atoms with Crippen LogP contribution in [0.2, 0.25) is 5.02 Å². The highest BCUT2D eigenvalue weighted by atomic mass is 35.5. The van der Waals surface area contributed by atoms with E-state index in [4.69, 9.17) is 11.6 Å². The van der Waals surface area contributed by atoms with Crippen LogP contribution in [0.3, 0.4) is 0 Å². The van der Waals surface area contributed by atoms with Gasteiger partial charge in [-0.25, -0.2) is 9.97 Å². The Hall–Kier alpha value is -2.13. The molecule has 0 radical (unpaired) electrons. The van der Waals surface area contributed by atoms with Crippen molar-refractivity contribution in [1.29, 1.82) is 0 Å². The van der Waals surface area contributed by atoms with Crippen LogP contribution in [0.5, 0.6) is 0 Å². The van der Waals surface area contributed by atoms with E-state index in [1.54, 1.807) is 0 Å². The van der Waals surface area contributed by atoms with E-state index >= 15 is 0 Å². The zero-order valence-electron chi connectivity index (χ0n) is 12.0. The Morgan fingerprint density at radius 3 is 2.62 bits per heavy atom. The van der Waals surface area contributed by atoms with Crippen LogP contribution in [-0.4, -0.2) is 16.5 Å². The van der Waals surface area contributed by atoms with Crippen LogP contribution in [0.15, 0.2) is 42.5 Å². The van der Waals surface area contributed by atoms with Gasteiger partial charge >= 0.3 is 0 Å². The Labute approximate surface area is 129 Å². The van der Waals surface area contributed by atoms with Gasteiger partial charge in [0, 0.05) is 17.5 Å². The topological polar surface area (TPSA) is 37.8 Å². The zero-order chi connectivity index (χ0) is 14.8. The van der Waals surface area contributed by atoms with Gasteiger partial charge in [-0.2, -0.15) is 0 Å². The molecule has 1 heterocycles. The van der Waals surface area contributed by atoms with Gasteiger partial charge in [-0.1, -0.05) is 35.9 Å². The molecule has 106 valence electrons. The fraction of sp³-hybridized carbons (Fsp3) is 0.176. The van der Waals surface area contributed by atoms with E-state index in [1.165, 1.54) is 0 Å². The van der Waals surface area contributed by atoms with Crippen molar-refractivity contribution >= 4 is 28.3 Å². The molecule has 0 amide bonds. The highest BCUT2D eigenvalue weighted by molar-refractivity contribution is 6.33. The number of halogens is 1. The molecule has 0 atom stereocenters. The summed E-state index contributed by atoms with van der Waals surface area (Å²) < 4.78 is 0. The lowest BCUT2D eigenvalue weighted by molar-refractivity contribution is 1.14. The molecule has 0 aliphatic carbocycles. The highest BCUT2D eigenvalue weighted by Crippen LogP contribution is 2.30. The molecule has 0 aliphatic heterocycles. The third-order valence-electron chi connectivity index (χ3n) is 3.39. The minimum Gasteiger partial charge on any atom is -0.370 e. The van der Waals surface area contributed by atoms with Crippen LogP contribution < -0.4 is 5.32 Å². The van der Waals surface area contributed by atoms with Crippen molar-refractivity contribution in [2.75, 3.05) is 11.9 Å². The molecule has 3 nitrogen and oxygen atoms in total. The molecule has 4 heteroatoms. The molecule has 0 saturated heterocycles. The SMILES string of the molecule is CCNc1nc(-c2ccccc2Cl)nc2cccc(C)c12. The third kappa shape index (κ3) is 2.57. The number of hydrogen-bond donors (Lipinski definition) is 1. The number of rotatable bonds is 3. The van der Waals surface area contributed by atoms with Crippen molar-refractivity contribution in [3.05, 3.63) is 53.1 Å². The second-order valence-corrected chi connectivity index (χ2v) is 5.28. The quantitative estimate of drug-likeness (QED) is 0.762. The first-order valence-electron chi connectivity index (χ1n) is 6.97. The van der Waals surface area contributed by atoms with Gasteiger partial charge in [0.1, 0.15) is 5.82 Å². The maximum absolute atomic E-state index is 6.27. The van der Waals surface area contributed by atoms with E-state index in [1.807, 2.05) is 36.4 Å². The fourth-order valence-corrected chi connectivity index (χ4v) is 2.63. The van der Waals surface area contributed by atoms with Crippen LogP contribution >= 0.6 is 11.6 Å². The summed E-state index contributed by atoms with van der Waals surface area (Å²) in [5, 5.41) is 5.05. The third-order valence-corrected chi connectivity index (χ3v) is 3.72. The zero-order valence-corrected chi connectivity index (χ0v) is 12.8. The van der Waals surface area contributed by atoms with Crippen molar-refractivity contribution < 1.29 is 0 Å². The summed E-state index contributed by atoms with van der Waals surface area (Å²) in [7, 11) is 0. The number of aromatic nitrogens is 2. The normalized spacial score (nSPS) is 10.8. The number of benzene rings is 2. The molecule has 0 unspecified atom stereocenters. The number of aryl methyl sites for hydroxylation is 1. The number of anilines is 1. The molecular formula is C17H16ClN3. The molecule has 0 fully saturated rings. The van der Waals surface area contributed by atoms with Gasteiger partial charge in [0.15, 0.2) is 5.82 Å². The van der Waals surface area contributed by atoms with Gasteiger partial charge in [0.2, 0.25) is 0 Å². The lowest BCUT2D eigenvalue weighted by Gasteiger charge is -2.12. The maximum atomic E-state index is 6.27. The largest absolute Gasteiger partial charge is 0.370 e. The average Bonchev–Trinajstić information content (AvgIpc) is 2.48. The van der Waals surface area contributed by atoms with Gasteiger partial charge in [-0.3, -0.25) is 0 Å². The predicted molar refractivity (Wildman–Crippen MR) is 88.9 cm³/mol. The Morgan fingerprint density at radius 1 is 1.05 bits per heavy atom. The van der Waals surface area contributed by atoms with Crippen molar-refractivity contribution in [1.82, 2.24) is 9.97 Å². The summed E-state index contributed by atoms with van der Waals surface area (Å²) in [5.74, 6) is 1.50. The van der Waals surface area contributed by atoms with Crippen LogP contribution in [0.25, 0.3) is 22.3 Å². The summed E-state index contributed by atoms with van der Waals surface area (Å²) >= 11 is 6.27. The van der Waals surface area contributed by atoms with Crippen molar-refractivity contribution in [2.24, 2.45) is 0 Å². The van der Waals surface area contributed by atoms with Crippen LogP contribution in [0.4, 0.5) is 5.82 Å². The smallest absolute Gasteiger partial charge is 0.163 e. The monoisotopic (exact) mass is 297 g/mol. The Balaban J connectivity index is 2.29. The Bertz CT molecular complexity index is 799. The second kappa shape index (κ2) is 5.70. The van der Waals surface area contributed by atoms with Gasteiger partial charge in [-0.15, -0.1) is 0 Å². The molecule has 0 aliphatic rings. The molecule has 0 saturated carbocycles. The van der Waals surface area contributed by atoms with E-state index in [0.717, 1.165) is 34.4 Å². The molecule has 2 aromatic carbocycles. The highest BCUT2D eigenvalue weighted by Gasteiger charge is 2.12. The number of nitrogens with one attached hydrogen (secondary N) is 1. The van der Waals surface area contributed by atoms with E-state index < -0.39 is 0 Å². The van der Waals surface area contributed by atoms with Crippen LogP contribution in [0, 0.1) is 6.92 Å². The first-order chi connectivity index (χ1) is 10.2. The standard InChI is InChI=1S/C17H16ClN3/c1-3-19-17-15-11(2)7-6-10-14(15)20-16(21-17)12-8-4-5-9-13(12)18/h4-10H,3H2,1-2H3,(H,19,20,21). The first kappa shape index (κ1) is 13.8. The van der Waals surface area contributed by atoms with Crippen LogP contribution in [-0.2, 0) is 0 Å². The number of hydrogen-bond acceptors (Lipinski definition) is 3. The molecule has 3 aromatic rings. The molecule has 3 rings (SSSR count).